The van der Waals surface area contributed by atoms with Gasteiger partial charge in [-0.15, -0.1) is 0 Å². The lowest BCUT2D eigenvalue weighted by molar-refractivity contribution is -0.113. The SMILES string of the molecule is CC(=O)C=C(C)CCC=C(C)CCCC(C)CCC=C(C)C.CC(=O)C=CC=C(C)CCC=C(C)CCCC(C)CCC=C(C)C. The molecular formula is C44H74O2. The summed E-state index contributed by atoms with van der Waals surface area (Å²) in [4.78, 5) is 21.8. The molecular weight excluding hydrogens is 560 g/mol. The van der Waals surface area contributed by atoms with Gasteiger partial charge in [-0.05, 0) is 170 Å². The Morgan fingerprint density at radius 2 is 0.913 bits per heavy atom. The van der Waals surface area contributed by atoms with Crippen LogP contribution in [0.5, 0.6) is 0 Å². The van der Waals surface area contributed by atoms with Crippen LogP contribution in [-0.2, 0) is 9.59 Å². The number of hydrogen-bond donors (Lipinski definition) is 0. The summed E-state index contributed by atoms with van der Waals surface area (Å²) in [6, 6.07) is 0. The van der Waals surface area contributed by atoms with E-state index in [4.69, 9.17) is 0 Å². The van der Waals surface area contributed by atoms with Crippen molar-refractivity contribution in [1.29, 1.82) is 0 Å². The Hall–Kier alpha value is -2.48. The van der Waals surface area contributed by atoms with E-state index in [9.17, 15) is 9.59 Å². The average Bonchev–Trinajstić information content (AvgIpc) is 2.92. The number of ketones is 2. The van der Waals surface area contributed by atoms with Gasteiger partial charge in [0.15, 0.2) is 11.6 Å². The fraction of sp³-hybridized carbons (Fsp3) is 0.636. The van der Waals surface area contributed by atoms with Crippen molar-refractivity contribution in [3.63, 3.8) is 0 Å². The van der Waals surface area contributed by atoms with E-state index in [1.165, 1.54) is 97.6 Å². The second-order valence-electron chi connectivity index (χ2n) is 14.5. The third-order valence-corrected chi connectivity index (χ3v) is 8.18. The molecule has 0 radical (unpaired) electrons. The van der Waals surface area contributed by atoms with E-state index < -0.39 is 0 Å². The summed E-state index contributed by atoms with van der Waals surface area (Å²) < 4.78 is 0. The summed E-state index contributed by atoms with van der Waals surface area (Å²) in [6.45, 7) is 25.3. The standard InChI is InChI=1S/C23H38O.C21H36O/c1-19(2)11-7-12-20(3)13-8-14-21(4)15-9-16-22(5)17-10-18-23(6)24;1-17(2)10-7-11-18(3)12-8-13-19(4)14-9-15-20(5)16-21(6)22/h10-11,15,17-18,20H,7-9,12-14,16H2,1-6H3;10,14,16,18H,7-9,11-13,15H2,1-6H3. The van der Waals surface area contributed by atoms with Crippen molar-refractivity contribution < 1.29 is 9.59 Å². The Morgan fingerprint density at radius 1 is 0.478 bits per heavy atom. The maximum atomic E-state index is 11.0. The van der Waals surface area contributed by atoms with Crippen molar-refractivity contribution in [1.82, 2.24) is 0 Å². The van der Waals surface area contributed by atoms with E-state index in [1.807, 2.05) is 19.1 Å². The third kappa shape index (κ3) is 36.0. The average molecular weight is 635 g/mol. The topological polar surface area (TPSA) is 34.1 Å². The minimum Gasteiger partial charge on any atom is -0.295 e. The summed E-state index contributed by atoms with van der Waals surface area (Å²) >= 11 is 0. The van der Waals surface area contributed by atoms with Crippen molar-refractivity contribution in [3.8, 4) is 0 Å². The first-order valence-electron chi connectivity index (χ1n) is 18.2. The number of allylic oxidation sites excluding steroid dienone is 14. The maximum Gasteiger partial charge on any atom is 0.152 e. The molecule has 2 atom stereocenters. The molecule has 0 rings (SSSR count). The van der Waals surface area contributed by atoms with Crippen LogP contribution in [-0.4, -0.2) is 11.6 Å². The second-order valence-corrected chi connectivity index (χ2v) is 14.5. The third-order valence-electron chi connectivity index (χ3n) is 8.18. The molecule has 0 saturated carbocycles. The molecule has 0 amide bonds. The first kappa shape index (κ1) is 45.6. The molecule has 0 fully saturated rings. The molecule has 0 saturated heterocycles. The van der Waals surface area contributed by atoms with E-state index in [2.05, 4.69) is 86.6 Å². The minimum absolute atomic E-state index is 0.102. The van der Waals surface area contributed by atoms with Crippen LogP contribution in [0, 0.1) is 11.8 Å². The molecule has 2 nitrogen and oxygen atoms in total. The van der Waals surface area contributed by atoms with Crippen LogP contribution in [0.2, 0.25) is 0 Å². The van der Waals surface area contributed by atoms with E-state index in [1.54, 1.807) is 26.0 Å². The van der Waals surface area contributed by atoms with Gasteiger partial charge in [-0.25, -0.2) is 0 Å². The normalized spacial score (nSPS) is 14.0. The van der Waals surface area contributed by atoms with Gasteiger partial charge >= 0.3 is 0 Å². The molecule has 2 unspecified atom stereocenters. The Kier molecular flexibility index (Phi) is 29.7. The minimum atomic E-state index is 0.102. The lowest BCUT2D eigenvalue weighted by Crippen LogP contribution is -1.94. The van der Waals surface area contributed by atoms with E-state index >= 15 is 0 Å². The molecule has 0 aliphatic heterocycles. The van der Waals surface area contributed by atoms with Gasteiger partial charge in [0.25, 0.3) is 0 Å². The number of rotatable bonds is 23. The van der Waals surface area contributed by atoms with Crippen LogP contribution in [0.3, 0.4) is 0 Å². The summed E-state index contributed by atoms with van der Waals surface area (Å²) in [7, 11) is 0. The molecule has 46 heavy (non-hydrogen) atoms. The predicted octanol–water partition coefficient (Wildman–Crippen LogP) is 14.2. The molecule has 0 aliphatic carbocycles. The molecule has 0 heterocycles. The fourth-order valence-electron chi connectivity index (χ4n) is 5.21. The number of carbonyl (C=O) groups is 2. The van der Waals surface area contributed by atoms with Crippen molar-refractivity contribution in [2.45, 2.75) is 173 Å². The van der Waals surface area contributed by atoms with Crippen molar-refractivity contribution in [2.24, 2.45) is 11.8 Å². The van der Waals surface area contributed by atoms with Gasteiger partial charge in [-0.3, -0.25) is 9.59 Å². The Balaban J connectivity index is 0. The highest BCUT2D eigenvalue weighted by Gasteiger charge is 2.03. The summed E-state index contributed by atoms with van der Waals surface area (Å²) in [5, 5.41) is 0. The molecule has 0 aliphatic rings. The van der Waals surface area contributed by atoms with Crippen LogP contribution >= 0.6 is 0 Å². The van der Waals surface area contributed by atoms with E-state index in [-0.39, 0.29) is 11.6 Å². The van der Waals surface area contributed by atoms with Gasteiger partial charge in [-0.2, -0.15) is 0 Å². The Bertz CT molecular complexity index is 1050. The lowest BCUT2D eigenvalue weighted by atomic mass is 9.96. The summed E-state index contributed by atoms with van der Waals surface area (Å²) in [6.07, 6.45) is 33.6. The lowest BCUT2D eigenvalue weighted by Gasteiger charge is -2.10. The van der Waals surface area contributed by atoms with E-state index in [0.29, 0.717) is 0 Å². The largest absolute Gasteiger partial charge is 0.295 e. The van der Waals surface area contributed by atoms with Gasteiger partial charge in [0, 0.05) is 0 Å². The molecule has 262 valence electrons. The van der Waals surface area contributed by atoms with Crippen molar-refractivity contribution in [2.75, 3.05) is 0 Å². The molecule has 0 bridgehead atoms. The van der Waals surface area contributed by atoms with Crippen LogP contribution in [0.1, 0.15) is 173 Å². The van der Waals surface area contributed by atoms with Crippen molar-refractivity contribution >= 4 is 11.6 Å². The van der Waals surface area contributed by atoms with Gasteiger partial charge in [0.1, 0.15) is 0 Å². The number of hydrogen-bond acceptors (Lipinski definition) is 2. The van der Waals surface area contributed by atoms with Gasteiger partial charge in [0.2, 0.25) is 0 Å². The van der Waals surface area contributed by atoms with Crippen LogP contribution in [0.25, 0.3) is 0 Å². The summed E-state index contributed by atoms with van der Waals surface area (Å²) in [5.41, 5.74) is 8.38. The maximum absolute atomic E-state index is 11.0. The van der Waals surface area contributed by atoms with E-state index in [0.717, 1.165) is 37.5 Å². The van der Waals surface area contributed by atoms with Gasteiger partial charge in [-0.1, -0.05) is 96.6 Å². The monoisotopic (exact) mass is 635 g/mol. The van der Waals surface area contributed by atoms with Crippen molar-refractivity contribution in [3.05, 3.63) is 82.0 Å². The quantitative estimate of drug-likeness (QED) is 0.0636. The highest BCUT2D eigenvalue weighted by atomic mass is 16.1. The van der Waals surface area contributed by atoms with Crippen LogP contribution in [0.4, 0.5) is 0 Å². The molecule has 0 aromatic heterocycles. The first-order valence-corrected chi connectivity index (χ1v) is 18.2. The number of carbonyl (C=O) groups excluding carboxylic acids is 2. The zero-order valence-corrected chi connectivity index (χ0v) is 32.5. The Labute approximate surface area is 287 Å². The molecule has 0 aromatic carbocycles. The molecule has 0 spiro atoms. The van der Waals surface area contributed by atoms with Gasteiger partial charge < -0.3 is 0 Å². The molecule has 0 aromatic rings. The molecule has 0 N–H and O–H groups in total. The predicted molar refractivity (Wildman–Crippen MR) is 207 cm³/mol. The smallest absolute Gasteiger partial charge is 0.152 e. The zero-order chi connectivity index (χ0) is 35.3. The fourth-order valence-corrected chi connectivity index (χ4v) is 5.21. The highest BCUT2D eigenvalue weighted by Crippen LogP contribution is 2.19. The molecule has 2 heteroatoms. The highest BCUT2D eigenvalue weighted by molar-refractivity contribution is 5.88. The van der Waals surface area contributed by atoms with Crippen LogP contribution < -0.4 is 0 Å². The Morgan fingerprint density at radius 3 is 1.30 bits per heavy atom. The zero-order valence-electron chi connectivity index (χ0n) is 32.5. The first-order chi connectivity index (χ1) is 21.6. The summed E-state index contributed by atoms with van der Waals surface area (Å²) in [5.74, 6) is 1.90. The van der Waals surface area contributed by atoms with Crippen LogP contribution in [0.15, 0.2) is 82.0 Å². The second kappa shape index (κ2) is 29.9. The van der Waals surface area contributed by atoms with Gasteiger partial charge in [0.05, 0.1) is 0 Å².